The molecule has 1 fully saturated rings. The molecule has 1 N–H and O–H groups in total. The van der Waals surface area contributed by atoms with Crippen LogP contribution in [-0.2, 0) is 0 Å². The van der Waals surface area contributed by atoms with Crippen LogP contribution in [0.4, 0.5) is 10.1 Å². The third kappa shape index (κ3) is 2.59. The maximum absolute atomic E-state index is 15.1. The monoisotopic (exact) mass is 377 g/mol. The second-order valence-electron chi connectivity index (χ2n) is 6.97. The average molecular weight is 377 g/mol. The molecule has 26 heavy (non-hydrogen) atoms. The van der Waals surface area contributed by atoms with Crippen molar-refractivity contribution in [1.82, 2.24) is 9.47 Å². The Kier molecular flexibility index (Phi) is 4.19. The van der Waals surface area contributed by atoms with Gasteiger partial charge in [0.15, 0.2) is 0 Å². The SMILES string of the molecule is CC1CSc2c(N3CCN(C)CC3)c(F)cc3c(=O)c(C(=O)O)cn1c23. The van der Waals surface area contributed by atoms with Crippen molar-refractivity contribution in [2.24, 2.45) is 0 Å². The summed E-state index contributed by atoms with van der Waals surface area (Å²) in [7, 11) is 2.04. The third-order valence-corrected chi connectivity index (χ3v) is 6.52. The van der Waals surface area contributed by atoms with Gasteiger partial charge in [-0.15, -0.1) is 11.8 Å². The second kappa shape index (κ2) is 6.28. The number of rotatable bonds is 2. The van der Waals surface area contributed by atoms with Crippen molar-refractivity contribution < 1.29 is 14.3 Å². The largest absolute Gasteiger partial charge is 0.477 e. The lowest BCUT2D eigenvalue weighted by atomic mass is 10.1. The first-order chi connectivity index (χ1) is 12.4. The van der Waals surface area contributed by atoms with E-state index in [1.807, 2.05) is 23.4 Å². The summed E-state index contributed by atoms with van der Waals surface area (Å²) in [6, 6.07) is 1.25. The van der Waals surface area contributed by atoms with Gasteiger partial charge < -0.3 is 19.5 Å². The number of pyridine rings is 1. The van der Waals surface area contributed by atoms with E-state index in [-0.39, 0.29) is 17.0 Å². The summed E-state index contributed by atoms with van der Waals surface area (Å²) < 4.78 is 16.9. The van der Waals surface area contributed by atoms with Gasteiger partial charge in [0.2, 0.25) is 5.43 Å². The summed E-state index contributed by atoms with van der Waals surface area (Å²) in [4.78, 5) is 29.0. The summed E-state index contributed by atoms with van der Waals surface area (Å²) in [5, 5.41) is 9.49. The van der Waals surface area contributed by atoms with Crippen LogP contribution in [0.1, 0.15) is 23.3 Å². The summed E-state index contributed by atoms with van der Waals surface area (Å²) in [5.41, 5.74) is 0.260. The molecule has 0 amide bonds. The predicted molar refractivity (Wildman–Crippen MR) is 100 cm³/mol. The number of carboxylic acid groups (broad SMARTS) is 1. The molecule has 6 nitrogen and oxygen atoms in total. The van der Waals surface area contributed by atoms with Gasteiger partial charge in [-0.2, -0.15) is 0 Å². The molecule has 8 heteroatoms. The Bertz CT molecular complexity index is 967. The molecule has 2 aromatic rings. The number of carbonyl (C=O) groups is 1. The van der Waals surface area contributed by atoms with Gasteiger partial charge in [-0.1, -0.05) is 0 Å². The maximum atomic E-state index is 15.1. The number of halogens is 1. The zero-order valence-corrected chi connectivity index (χ0v) is 15.5. The van der Waals surface area contributed by atoms with Crippen LogP contribution in [0.2, 0.25) is 0 Å². The van der Waals surface area contributed by atoms with Gasteiger partial charge >= 0.3 is 5.97 Å². The van der Waals surface area contributed by atoms with Crippen LogP contribution < -0.4 is 10.3 Å². The van der Waals surface area contributed by atoms with E-state index >= 15 is 4.39 Å². The fourth-order valence-corrected chi connectivity index (χ4v) is 4.97. The van der Waals surface area contributed by atoms with E-state index in [0.29, 0.717) is 17.0 Å². The van der Waals surface area contributed by atoms with Crippen LogP contribution >= 0.6 is 11.8 Å². The lowest BCUT2D eigenvalue weighted by Crippen LogP contribution is -2.45. The molecule has 1 aromatic carbocycles. The molecule has 0 spiro atoms. The number of piperazine rings is 1. The summed E-state index contributed by atoms with van der Waals surface area (Å²) >= 11 is 1.55. The van der Waals surface area contributed by atoms with Crippen molar-refractivity contribution in [2.75, 3.05) is 43.9 Å². The van der Waals surface area contributed by atoms with Gasteiger partial charge in [0, 0.05) is 44.2 Å². The van der Waals surface area contributed by atoms with Crippen LogP contribution in [-0.4, -0.2) is 59.5 Å². The summed E-state index contributed by atoms with van der Waals surface area (Å²) in [5.74, 6) is -1.03. The van der Waals surface area contributed by atoms with Crippen molar-refractivity contribution >= 4 is 34.3 Å². The third-order valence-electron chi connectivity index (χ3n) is 5.19. The summed E-state index contributed by atoms with van der Waals surface area (Å²) in [6.45, 7) is 5.12. The molecule has 3 heterocycles. The van der Waals surface area contributed by atoms with Gasteiger partial charge in [-0.3, -0.25) is 4.79 Å². The van der Waals surface area contributed by atoms with Crippen LogP contribution in [0.25, 0.3) is 10.9 Å². The molecular weight excluding hydrogens is 357 g/mol. The molecule has 0 bridgehead atoms. The zero-order valence-electron chi connectivity index (χ0n) is 14.7. The first-order valence-corrected chi connectivity index (χ1v) is 9.58. The number of anilines is 1. The minimum Gasteiger partial charge on any atom is -0.477 e. The average Bonchev–Trinajstić information content (AvgIpc) is 2.60. The van der Waals surface area contributed by atoms with Crippen LogP contribution in [0, 0.1) is 5.82 Å². The Balaban J connectivity index is 2.00. The van der Waals surface area contributed by atoms with Crippen molar-refractivity contribution in [3.63, 3.8) is 0 Å². The number of carboxylic acids is 1. The minimum absolute atomic E-state index is 0.0273. The molecule has 1 atom stereocenters. The van der Waals surface area contributed by atoms with Gasteiger partial charge in [-0.05, 0) is 20.0 Å². The Morgan fingerprint density at radius 1 is 1.31 bits per heavy atom. The molecule has 138 valence electrons. The van der Waals surface area contributed by atoms with E-state index in [1.165, 1.54) is 12.3 Å². The van der Waals surface area contributed by atoms with Crippen LogP contribution in [0.5, 0.6) is 0 Å². The number of thioether (sulfide) groups is 1. The number of benzene rings is 1. The number of aromatic nitrogens is 1. The second-order valence-corrected chi connectivity index (χ2v) is 8.00. The molecule has 1 aromatic heterocycles. The standard InChI is InChI=1S/C18H20FN3O3S/c1-10-9-26-17-14-11(16(23)12(18(24)25)8-22(10)14)7-13(19)15(17)21-5-3-20(2)4-6-21/h7-8,10H,3-6,9H2,1-2H3,(H,24,25). The van der Waals surface area contributed by atoms with Gasteiger partial charge in [0.05, 0.1) is 21.5 Å². The molecule has 0 saturated carbocycles. The van der Waals surface area contributed by atoms with E-state index < -0.39 is 17.2 Å². The van der Waals surface area contributed by atoms with Gasteiger partial charge in [-0.25, -0.2) is 9.18 Å². The number of hydrogen-bond donors (Lipinski definition) is 1. The lowest BCUT2D eigenvalue weighted by Gasteiger charge is -2.37. The van der Waals surface area contributed by atoms with Crippen molar-refractivity contribution in [3.8, 4) is 0 Å². The van der Waals surface area contributed by atoms with E-state index in [1.54, 1.807) is 11.8 Å². The topological polar surface area (TPSA) is 65.8 Å². The predicted octanol–water partition coefficient (Wildman–Crippen LogP) is 2.26. The normalized spacial score (nSPS) is 20.6. The van der Waals surface area contributed by atoms with Crippen LogP contribution in [0.3, 0.4) is 0 Å². The molecule has 2 aliphatic rings. The fraction of sp³-hybridized carbons (Fsp3) is 0.444. The van der Waals surface area contributed by atoms with Gasteiger partial charge in [0.25, 0.3) is 0 Å². The van der Waals surface area contributed by atoms with Crippen LogP contribution in [0.15, 0.2) is 22.0 Å². The Morgan fingerprint density at radius 2 is 2.00 bits per heavy atom. The van der Waals surface area contributed by atoms with E-state index in [0.717, 1.165) is 31.1 Å². The molecule has 1 saturated heterocycles. The summed E-state index contributed by atoms with van der Waals surface area (Å²) in [6.07, 6.45) is 1.41. The molecule has 0 aliphatic carbocycles. The number of aromatic carboxylic acids is 1. The quantitative estimate of drug-likeness (QED) is 0.866. The van der Waals surface area contributed by atoms with E-state index in [2.05, 4.69) is 4.90 Å². The Hall–Kier alpha value is -2.06. The molecule has 4 rings (SSSR count). The van der Waals surface area contributed by atoms with Gasteiger partial charge in [0.1, 0.15) is 11.4 Å². The first-order valence-electron chi connectivity index (χ1n) is 8.59. The Labute approximate surface area is 154 Å². The Morgan fingerprint density at radius 3 is 2.65 bits per heavy atom. The molecule has 0 radical (unpaired) electrons. The zero-order chi connectivity index (χ0) is 18.6. The lowest BCUT2D eigenvalue weighted by molar-refractivity contribution is 0.0694. The highest BCUT2D eigenvalue weighted by Gasteiger charge is 2.30. The molecule has 2 aliphatic heterocycles. The number of nitrogens with zero attached hydrogens (tertiary/aromatic N) is 3. The minimum atomic E-state index is -1.28. The van der Waals surface area contributed by atoms with Crippen molar-refractivity contribution in [3.05, 3.63) is 33.9 Å². The van der Waals surface area contributed by atoms with E-state index in [9.17, 15) is 14.7 Å². The smallest absolute Gasteiger partial charge is 0.341 e. The number of hydrogen-bond acceptors (Lipinski definition) is 5. The molecular formula is C18H20FN3O3S. The van der Waals surface area contributed by atoms with Crippen molar-refractivity contribution in [2.45, 2.75) is 17.9 Å². The highest BCUT2D eigenvalue weighted by atomic mass is 32.2. The maximum Gasteiger partial charge on any atom is 0.341 e. The molecule has 1 unspecified atom stereocenters. The first kappa shape index (κ1) is 17.4. The highest BCUT2D eigenvalue weighted by molar-refractivity contribution is 7.99. The fourth-order valence-electron chi connectivity index (χ4n) is 3.69. The van der Waals surface area contributed by atoms with Crippen molar-refractivity contribution in [1.29, 1.82) is 0 Å². The highest BCUT2D eigenvalue weighted by Crippen LogP contribution is 2.43. The number of likely N-dealkylation sites (N-methyl/N-ethyl adjacent to an activating group) is 1. The van der Waals surface area contributed by atoms with E-state index in [4.69, 9.17) is 0 Å².